The first kappa shape index (κ1) is 17.0. The average molecular weight is 266 g/mol. The van der Waals surface area contributed by atoms with Crippen molar-refractivity contribution >= 4 is 8.80 Å². The monoisotopic (exact) mass is 266 g/mol. The molecule has 0 saturated heterocycles. The minimum absolute atomic E-state index is 0.338. The van der Waals surface area contributed by atoms with Crippen molar-refractivity contribution in [3.8, 4) is 0 Å². The molecule has 0 unspecified atom stereocenters. The summed E-state index contributed by atoms with van der Waals surface area (Å²) in [6.07, 6.45) is 3.24. The molecule has 0 atom stereocenters. The maximum Gasteiger partial charge on any atom is 0.501 e. The molecule has 5 heteroatoms. The fourth-order valence-electron chi connectivity index (χ4n) is 1.40. The van der Waals surface area contributed by atoms with Crippen LogP contribution in [0, 0.1) is 0 Å². The zero-order valence-electron chi connectivity index (χ0n) is 11.5. The van der Waals surface area contributed by atoms with E-state index < -0.39 is 8.80 Å². The van der Waals surface area contributed by atoms with E-state index in [0.29, 0.717) is 32.3 Å². The van der Waals surface area contributed by atoms with Crippen LogP contribution in [0.4, 0.5) is 4.39 Å². The molecule has 0 rings (SSSR count). The van der Waals surface area contributed by atoms with E-state index in [-0.39, 0.29) is 6.67 Å². The van der Waals surface area contributed by atoms with Crippen LogP contribution in [0.2, 0.25) is 6.04 Å². The van der Waals surface area contributed by atoms with Crippen LogP contribution in [-0.4, -0.2) is 35.3 Å². The third-order valence-corrected chi connectivity index (χ3v) is 5.09. The molecule has 0 aromatic heterocycles. The van der Waals surface area contributed by atoms with Crippen LogP contribution in [-0.2, 0) is 13.3 Å². The molecule has 3 nitrogen and oxygen atoms in total. The van der Waals surface area contributed by atoms with Crippen molar-refractivity contribution in [1.29, 1.82) is 0 Å². The van der Waals surface area contributed by atoms with Gasteiger partial charge in [0.2, 0.25) is 0 Å². The van der Waals surface area contributed by atoms with Crippen molar-refractivity contribution < 1.29 is 17.7 Å². The van der Waals surface area contributed by atoms with Gasteiger partial charge in [-0.25, -0.2) is 0 Å². The fraction of sp³-hybridized carbons (Fsp3) is 1.00. The molecular formula is C12H27FO3Si. The topological polar surface area (TPSA) is 27.7 Å². The highest BCUT2D eigenvalue weighted by Gasteiger charge is 2.40. The predicted octanol–water partition coefficient (Wildman–Crippen LogP) is 3.56. The summed E-state index contributed by atoms with van der Waals surface area (Å²) in [5.41, 5.74) is 0. The molecular weight excluding hydrogens is 239 g/mol. The van der Waals surface area contributed by atoms with Gasteiger partial charge < -0.3 is 13.3 Å². The molecule has 0 aliphatic rings. The number of hydrogen-bond donors (Lipinski definition) is 0. The lowest BCUT2D eigenvalue weighted by molar-refractivity contribution is 0.0583. The Morgan fingerprint density at radius 2 is 1.24 bits per heavy atom. The standard InChI is InChI=1S/C12H27FO3Si/c1-4-9-14-17(12-7-8-13,15-10-5-2)16-11-6-3/h4-12H2,1-3H3. The smallest absolute Gasteiger partial charge is 0.373 e. The maximum atomic E-state index is 12.3. The Morgan fingerprint density at radius 3 is 1.53 bits per heavy atom. The molecule has 0 saturated carbocycles. The fourth-order valence-corrected chi connectivity index (χ4v) is 4.19. The van der Waals surface area contributed by atoms with Crippen molar-refractivity contribution in [2.45, 2.75) is 52.5 Å². The van der Waals surface area contributed by atoms with E-state index >= 15 is 0 Å². The van der Waals surface area contributed by atoms with Crippen LogP contribution in [0.15, 0.2) is 0 Å². The lowest BCUT2D eigenvalue weighted by Gasteiger charge is -2.29. The van der Waals surface area contributed by atoms with Crippen molar-refractivity contribution in [2.75, 3.05) is 26.5 Å². The van der Waals surface area contributed by atoms with Crippen LogP contribution in [0.1, 0.15) is 46.5 Å². The molecule has 0 fully saturated rings. The van der Waals surface area contributed by atoms with E-state index in [1.807, 2.05) is 20.8 Å². The minimum Gasteiger partial charge on any atom is -0.373 e. The van der Waals surface area contributed by atoms with E-state index in [1.165, 1.54) is 0 Å². The average Bonchev–Trinajstić information content (AvgIpc) is 2.37. The lowest BCUT2D eigenvalue weighted by atomic mass is 10.5. The van der Waals surface area contributed by atoms with E-state index in [4.69, 9.17) is 13.3 Å². The van der Waals surface area contributed by atoms with Gasteiger partial charge >= 0.3 is 8.80 Å². The predicted molar refractivity (Wildman–Crippen MR) is 69.9 cm³/mol. The molecule has 0 aliphatic heterocycles. The van der Waals surface area contributed by atoms with Crippen LogP contribution in [0.3, 0.4) is 0 Å². The summed E-state index contributed by atoms with van der Waals surface area (Å²) in [6, 6.07) is 0.587. The third kappa shape index (κ3) is 7.86. The Kier molecular flexibility index (Phi) is 11.2. The molecule has 0 aliphatic carbocycles. The van der Waals surface area contributed by atoms with Gasteiger partial charge in [0, 0.05) is 25.9 Å². The second kappa shape index (κ2) is 11.1. The summed E-state index contributed by atoms with van der Waals surface area (Å²) in [6.45, 7) is 7.70. The van der Waals surface area contributed by atoms with Gasteiger partial charge in [-0.15, -0.1) is 0 Å². The Hall–Kier alpha value is 0.0269. The molecule has 17 heavy (non-hydrogen) atoms. The molecule has 0 aromatic carbocycles. The lowest BCUT2D eigenvalue weighted by Crippen LogP contribution is -2.46. The molecule has 0 heterocycles. The number of rotatable bonds is 12. The first-order chi connectivity index (χ1) is 8.24. The molecule has 0 bridgehead atoms. The summed E-state index contributed by atoms with van der Waals surface area (Å²) in [5.74, 6) is 0. The SMILES string of the molecule is CCCO[Si](CCCF)(OCCC)OCCC. The molecule has 0 amide bonds. The third-order valence-electron chi connectivity index (χ3n) is 2.19. The highest BCUT2D eigenvalue weighted by Crippen LogP contribution is 2.19. The second-order valence-corrected chi connectivity index (χ2v) is 6.75. The van der Waals surface area contributed by atoms with E-state index in [1.54, 1.807) is 0 Å². The summed E-state index contributed by atoms with van der Waals surface area (Å²) in [5, 5.41) is 0. The van der Waals surface area contributed by atoms with Gasteiger partial charge in [0.1, 0.15) is 0 Å². The Labute approximate surface area is 106 Å². The van der Waals surface area contributed by atoms with E-state index in [9.17, 15) is 4.39 Å². The molecule has 0 N–H and O–H groups in total. The van der Waals surface area contributed by atoms with Crippen LogP contribution >= 0.6 is 0 Å². The van der Waals surface area contributed by atoms with Crippen molar-refractivity contribution in [3.63, 3.8) is 0 Å². The van der Waals surface area contributed by atoms with Gasteiger partial charge in [0.25, 0.3) is 0 Å². The summed E-state index contributed by atoms with van der Waals surface area (Å²) >= 11 is 0. The van der Waals surface area contributed by atoms with Crippen molar-refractivity contribution in [3.05, 3.63) is 0 Å². The number of halogens is 1. The normalized spacial score (nSPS) is 12.0. The maximum absolute atomic E-state index is 12.3. The first-order valence-electron chi connectivity index (χ1n) is 6.72. The quantitative estimate of drug-likeness (QED) is 0.505. The van der Waals surface area contributed by atoms with Gasteiger partial charge in [0.05, 0.1) is 6.67 Å². The molecule has 0 aromatic rings. The van der Waals surface area contributed by atoms with Crippen molar-refractivity contribution in [2.24, 2.45) is 0 Å². The zero-order chi connectivity index (χ0) is 13.0. The second-order valence-electron chi connectivity index (χ2n) is 4.02. The Balaban J connectivity index is 4.39. The van der Waals surface area contributed by atoms with E-state index in [2.05, 4.69) is 0 Å². The number of hydrogen-bond acceptors (Lipinski definition) is 3. The highest BCUT2D eigenvalue weighted by molar-refractivity contribution is 6.60. The number of alkyl halides is 1. The van der Waals surface area contributed by atoms with Gasteiger partial charge in [-0.2, -0.15) is 0 Å². The van der Waals surface area contributed by atoms with E-state index in [0.717, 1.165) is 19.3 Å². The Morgan fingerprint density at radius 1 is 0.824 bits per heavy atom. The van der Waals surface area contributed by atoms with Gasteiger partial charge in [0.15, 0.2) is 0 Å². The zero-order valence-corrected chi connectivity index (χ0v) is 12.5. The van der Waals surface area contributed by atoms with Gasteiger partial charge in [-0.3, -0.25) is 4.39 Å². The summed E-state index contributed by atoms with van der Waals surface area (Å²) in [7, 11) is -2.62. The summed E-state index contributed by atoms with van der Waals surface area (Å²) < 4.78 is 29.8. The van der Waals surface area contributed by atoms with Crippen LogP contribution in [0.25, 0.3) is 0 Å². The molecule has 0 radical (unpaired) electrons. The van der Waals surface area contributed by atoms with Crippen LogP contribution < -0.4 is 0 Å². The molecule has 104 valence electrons. The minimum atomic E-state index is -2.62. The summed E-state index contributed by atoms with van der Waals surface area (Å²) in [4.78, 5) is 0. The van der Waals surface area contributed by atoms with Crippen molar-refractivity contribution in [1.82, 2.24) is 0 Å². The highest BCUT2D eigenvalue weighted by atomic mass is 28.4. The largest absolute Gasteiger partial charge is 0.501 e. The Bertz CT molecular complexity index is 132. The van der Waals surface area contributed by atoms with Gasteiger partial charge in [-0.05, 0) is 25.7 Å². The van der Waals surface area contributed by atoms with Crippen LogP contribution in [0.5, 0.6) is 0 Å². The van der Waals surface area contributed by atoms with Gasteiger partial charge in [-0.1, -0.05) is 20.8 Å². The first-order valence-corrected chi connectivity index (χ1v) is 8.65. The molecule has 0 spiro atoms.